The predicted octanol–water partition coefficient (Wildman–Crippen LogP) is 2.92. The molecule has 1 N–H and O–H groups in total. The number of hydrogen-bond donors (Lipinski definition) is 1. The topological polar surface area (TPSA) is 37.8 Å². The van der Waals surface area contributed by atoms with Crippen LogP contribution in [0.2, 0.25) is 0 Å². The second kappa shape index (κ2) is 3.70. The number of nitrogens with one attached hydrogen (secondary N) is 1. The molecule has 3 rings (SSSR count). The van der Waals surface area contributed by atoms with Gasteiger partial charge in [-0.25, -0.2) is 9.97 Å². The molecule has 16 heavy (non-hydrogen) atoms. The smallest absolute Gasteiger partial charge is 0.138 e. The third-order valence-corrected chi connectivity index (χ3v) is 4.21. The molecule has 2 aromatic heterocycles. The zero-order chi connectivity index (χ0) is 11.1. The van der Waals surface area contributed by atoms with E-state index in [1.165, 1.54) is 35.1 Å². The van der Waals surface area contributed by atoms with Crippen LogP contribution in [0.4, 0.5) is 5.82 Å². The van der Waals surface area contributed by atoms with Crippen LogP contribution in [0.5, 0.6) is 0 Å². The summed E-state index contributed by atoms with van der Waals surface area (Å²) in [6, 6.07) is 0. The van der Waals surface area contributed by atoms with Gasteiger partial charge in [0.2, 0.25) is 0 Å². The lowest BCUT2D eigenvalue weighted by Gasteiger charge is -2.06. The maximum atomic E-state index is 4.55. The summed E-state index contributed by atoms with van der Waals surface area (Å²) in [6.07, 6.45) is 3.71. The predicted molar refractivity (Wildman–Crippen MR) is 68.3 cm³/mol. The van der Waals surface area contributed by atoms with Crippen LogP contribution >= 0.6 is 11.3 Å². The Bertz CT molecular complexity index is 545. The molecule has 0 spiro atoms. The van der Waals surface area contributed by atoms with Crippen LogP contribution in [0.15, 0.2) is 0 Å². The van der Waals surface area contributed by atoms with Gasteiger partial charge in [-0.2, -0.15) is 0 Å². The van der Waals surface area contributed by atoms with E-state index in [-0.39, 0.29) is 0 Å². The molecule has 84 valence electrons. The number of anilines is 1. The zero-order valence-corrected chi connectivity index (χ0v) is 10.4. The molecule has 0 unspecified atom stereocenters. The van der Waals surface area contributed by atoms with E-state index in [1.54, 1.807) is 0 Å². The molecule has 4 heteroatoms. The highest BCUT2D eigenvalue weighted by atomic mass is 32.1. The molecule has 2 heterocycles. The molecular formula is C12H15N3S. The van der Waals surface area contributed by atoms with Crippen LogP contribution < -0.4 is 5.32 Å². The van der Waals surface area contributed by atoms with Crippen LogP contribution in [0.3, 0.4) is 0 Å². The van der Waals surface area contributed by atoms with Crippen LogP contribution in [0.1, 0.15) is 29.6 Å². The van der Waals surface area contributed by atoms with E-state index < -0.39 is 0 Å². The standard InChI is InChI=1S/C12H15N3S/c1-3-13-11-10-8-5-4-6-9(8)16-12(10)15-7(2)14-11/h3-6H2,1-2H3,(H,13,14,15). The maximum Gasteiger partial charge on any atom is 0.138 e. The van der Waals surface area contributed by atoms with Crippen molar-refractivity contribution in [3.05, 3.63) is 16.3 Å². The van der Waals surface area contributed by atoms with E-state index in [0.717, 1.165) is 23.0 Å². The first-order valence-corrected chi connectivity index (χ1v) is 6.64. The number of hydrogen-bond acceptors (Lipinski definition) is 4. The van der Waals surface area contributed by atoms with Crippen LogP contribution in [0, 0.1) is 6.92 Å². The minimum absolute atomic E-state index is 0.864. The molecule has 2 aromatic rings. The van der Waals surface area contributed by atoms with Crippen LogP contribution in [-0.2, 0) is 12.8 Å². The third kappa shape index (κ3) is 1.40. The van der Waals surface area contributed by atoms with Crippen molar-refractivity contribution in [1.82, 2.24) is 9.97 Å². The van der Waals surface area contributed by atoms with E-state index in [0.29, 0.717) is 0 Å². The maximum absolute atomic E-state index is 4.55. The highest BCUT2D eigenvalue weighted by molar-refractivity contribution is 7.19. The monoisotopic (exact) mass is 233 g/mol. The Kier molecular flexibility index (Phi) is 2.32. The Morgan fingerprint density at radius 1 is 1.31 bits per heavy atom. The number of aromatic nitrogens is 2. The molecule has 0 bridgehead atoms. The van der Waals surface area contributed by atoms with E-state index in [1.807, 2.05) is 18.3 Å². The highest BCUT2D eigenvalue weighted by Gasteiger charge is 2.21. The Balaban J connectivity index is 2.29. The number of rotatable bonds is 2. The summed E-state index contributed by atoms with van der Waals surface area (Å²) in [5, 5.41) is 4.65. The van der Waals surface area contributed by atoms with Gasteiger partial charge in [0.25, 0.3) is 0 Å². The summed E-state index contributed by atoms with van der Waals surface area (Å²) in [7, 11) is 0. The molecule has 0 atom stereocenters. The fourth-order valence-electron chi connectivity index (χ4n) is 2.40. The first-order valence-electron chi connectivity index (χ1n) is 5.82. The van der Waals surface area contributed by atoms with Gasteiger partial charge in [0, 0.05) is 11.4 Å². The van der Waals surface area contributed by atoms with Crippen molar-refractivity contribution in [2.75, 3.05) is 11.9 Å². The molecule has 1 aliphatic carbocycles. The van der Waals surface area contributed by atoms with E-state index in [9.17, 15) is 0 Å². The summed E-state index contributed by atoms with van der Waals surface area (Å²) in [6.45, 7) is 4.98. The first-order chi connectivity index (χ1) is 7.79. The fraction of sp³-hybridized carbons (Fsp3) is 0.500. The van der Waals surface area contributed by atoms with Gasteiger partial charge in [-0.15, -0.1) is 11.3 Å². The van der Waals surface area contributed by atoms with Gasteiger partial charge >= 0.3 is 0 Å². The average molecular weight is 233 g/mol. The van der Waals surface area contributed by atoms with Gasteiger partial charge in [0.1, 0.15) is 16.5 Å². The van der Waals surface area contributed by atoms with Crippen molar-refractivity contribution in [3.8, 4) is 0 Å². The number of nitrogens with zero attached hydrogens (tertiary/aromatic N) is 2. The largest absolute Gasteiger partial charge is 0.370 e. The first kappa shape index (κ1) is 10.0. The summed E-state index contributed by atoms with van der Waals surface area (Å²) >= 11 is 1.85. The molecule has 0 saturated carbocycles. The molecule has 0 amide bonds. The lowest BCUT2D eigenvalue weighted by Crippen LogP contribution is -2.02. The van der Waals surface area contributed by atoms with Gasteiger partial charge in [0.05, 0.1) is 5.39 Å². The van der Waals surface area contributed by atoms with Crippen molar-refractivity contribution in [2.45, 2.75) is 33.1 Å². The summed E-state index contributed by atoms with van der Waals surface area (Å²) in [5.74, 6) is 1.90. The lowest BCUT2D eigenvalue weighted by atomic mass is 10.2. The zero-order valence-electron chi connectivity index (χ0n) is 9.63. The minimum atomic E-state index is 0.864. The van der Waals surface area contributed by atoms with Gasteiger partial charge < -0.3 is 5.32 Å². The van der Waals surface area contributed by atoms with Gasteiger partial charge in [-0.1, -0.05) is 0 Å². The SMILES string of the molecule is CCNc1nc(C)nc2sc3c(c12)CCC3. The van der Waals surface area contributed by atoms with E-state index >= 15 is 0 Å². The summed E-state index contributed by atoms with van der Waals surface area (Å²) < 4.78 is 0. The second-order valence-electron chi connectivity index (χ2n) is 4.19. The number of fused-ring (bicyclic) bond motifs is 3. The molecule has 0 aromatic carbocycles. The van der Waals surface area contributed by atoms with Crippen LogP contribution in [-0.4, -0.2) is 16.5 Å². The highest BCUT2D eigenvalue weighted by Crippen LogP contribution is 2.39. The van der Waals surface area contributed by atoms with Crippen molar-refractivity contribution in [1.29, 1.82) is 0 Å². The Hall–Kier alpha value is -1.16. The van der Waals surface area contributed by atoms with Crippen molar-refractivity contribution < 1.29 is 0 Å². The fourth-order valence-corrected chi connectivity index (χ4v) is 3.70. The number of thiophene rings is 1. The Morgan fingerprint density at radius 2 is 2.19 bits per heavy atom. The Morgan fingerprint density at radius 3 is 3.00 bits per heavy atom. The van der Waals surface area contributed by atoms with Crippen molar-refractivity contribution in [3.63, 3.8) is 0 Å². The summed E-state index contributed by atoms with van der Waals surface area (Å²) in [4.78, 5) is 11.8. The molecule has 0 radical (unpaired) electrons. The van der Waals surface area contributed by atoms with Gasteiger partial charge in [-0.3, -0.25) is 0 Å². The normalized spacial score (nSPS) is 14.4. The molecule has 0 saturated heterocycles. The minimum Gasteiger partial charge on any atom is -0.370 e. The van der Waals surface area contributed by atoms with Crippen LogP contribution in [0.25, 0.3) is 10.2 Å². The molecule has 1 aliphatic rings. The van der Waals surface area contributed by atoms with Crippen molar-refractivity contribution in [2.24, 2.45) is 0 Å². The van der Waals surface area contributed by atoms with E-state index in [2.05, 4.69) is 22.2 Å². The molecule has 0 aliphatic heterocycles. The third-order valence-electron chi connectivity index (χ3n) is 3.02. The quantitative estimate of drug-likeness (QED) is 0.866. The van der Waals surface area contributed by atoms with E-state index in [4.69, 9.17) is 0 Å². The molecule has 3 nitrogen and oxygen atoms in total. The molecular weight excluding hydrogens is 218 g/mol. The second-order valence-corrected chi connectivity index (χ2v) is 5.27. The average Bonchev–Trinajstić information content (AvgIpc) is 2.76. The van der Waals surface area contributed by atoms with Gasteiger partial charge in [0.15, 0.2) is 0 Å². The van der Waals surface area contributed by atoms with Gasteiger partial charge in [-0.05, 0) is 38.7 Å². The Labute approximate surface area is 98.9 Å². The lowest BCUT2D eigenvalue weighted by molar-refractivity contribution is 0.916. The summed E-state index contributed by atoms with van der Waals surface area (Å²) in [5.41, 5.74) is 1.50. The molecule has 0 fully saturated rings. The number of aryl methyl sites for hydroxylation is 3. The van der Waals surface area contributed by atoms with Crippen molar-refractivity contribution >= 4 is 27.4 Å².